The zero-order valence-electron chi connectivity index (χ0n) is 14.5. The molecule has 132 valence electrons. The van der Waals surface area contributed by atoms with E-state index >= 15 is 0 Å². The van der Waals surface area contributed by atoms with Crippen LogP contribution in [0, 0.1) is 6.92 Å². The number of carbonyl (C=O) groups is 2. The Labute approximate surface area is 145 Å². The van der Waals surface area contributed by atoms with Gasteiger partial charge in [-0.05, 0) is 44.4 Å². The number of hydrogen-bond acceptors (Lipinski definition) is 5. The number of rotatable bonds is 6. The third kappa shape index (κ3) is 3.50. The molecule has 3 amide bonds. The first-order valence-electron chi connectivity index (χ1n) is 8.10. The number of ether oxygens (including phenoxy) is 1. The SMILES string of the molecule is COc1ccc(CC[C@]2(C)NC(=O)N(Cc3cc(C)on3)C2=O)cc1. The van der Waals surface area contributed by atoms with Crippen molar-refractivity contribution in [2.24, 2.45) is 0 Å². The van der Waals surface area contributed by atoms with E-state index in [1.807, 2.05) is 24.3 Å². The Hall–Kier alpha value is -2.83. The van der Waals surface area contributed by atoms with E-state index in [0.29, 0.717) is 24.3 Å². The number of methoxy groups -OCH3 is 1. The van der Waals surface area contributed by atoms with Gasteiger partial charge in [0, 0.05) is 6.07 Å². The van der Waals surface area contributed by atoms with E-state index in [1.54, 1.807) is 27.0 Å². The molecular formula is C18H21N3O4. The smallest absolute Gasteiger partial charge is 0.325 e. The van der Waals surface area contributed by atoms with E-state index in [2.05, 4.69) is 10.5 Å². The van der Waals surface area contributed by atoms with Gasteiger partial charge >= 0.3 is 6.03 Å². The minimum Gasteiger partial charge on any atom is -0.497 e. The molecular weight excluding hydrogens is 322 g/mol. The quantitative estimate of drug-likeness (QED) is 0.814. The number of urea groups is 1. The predicted octanol–water partition coefficient (Wildman–Crippen LogP) is 2.43. The molecule has 1 aliphatic heterocycles. The van der Waals surface area contributed by atoms with Gasteiger partial charge in [-0.3, -0.25) is 9.69 Å². The van der Waals surface area contributed by atoms with Crippen molar-refractivity contribution in [3.63, 3.8) is 0 Å². The Morgan fingerprint density at radius 3 is 2.60 bits per heavy atom. The normalized spacial score (nSPS) is 20.0. The van der Waals surface area contributed by atoms with Gasteiger partial charge in [-0.15, -0.1) is 0 Å². The summed E-state index contributed by atoms with van der Waals surface area (Å²) >= 11 is 0. The van der Waals surface area contributed by atoms with Crippen molar-refractivity contribution >= 4 is 11.9 Å². The lowest BCUT2D eigenvalue weighted by Gasteiger charge is -2.21. The molecule has 0 saturated carbocycles. The first-order chi connectivity index (χ1) is 11.9. The van der Waals surface area contributed by atoms with Gasteiger partial charge in [-0.25, -0.2) is 4.79 Å². The lowest BCUT2D eigenvalue weighted by molar-refractivity contribution is -0.131. The molecule has 0 bridgehead atoms. The molecule has 1 aliphatic rings. The van der Waals surface area contributed by atoms with Crippen molar-refractivity contribution in [3.8, 4) is 5.75 Å². The van der Waals surface area contributed by atoms with E-state index in [9.17, 15) is 9.59 Å². The van der Waals surface area contributed by atoms with Crippen LogP contribution in [0.25, 0.3) is 0 Å². The number of nitrogens with one attached hydrogen (secondary N) is 1. The first-order valence-corrected chi connectivity index (χ1v) is 8.10. The summed E-state index contributed by atoms with van der Waals surface area (Å²) in [4.78, 5) is 26.1. The molecule has 3 rings (SSSR count). The van der Waals surface area contributed by atoms with Gasteiger partial charge < -0.3 is 14.6 Å². The van der Waals surface area contributed by atoms with E-state index in [0.717, 1.165) is 11.3 Å². The highest BCUT2D eigenvalue weighted by Gasteiger charge is 2.47. The maximum atomic E-state index is 12.7. The third-order valence-electron chi connectivity index (χ3n) is 4.41. The molecule has 2 heterocycles. The van der Waals surface area contributed by atoms with E-state index < -0.39 is 11.6 Å². The summed E-state index contributed by atoms with van der Waals surface area (Å²) in [5.41, 5.74) is 0.713. The van der Waals surface area contributed by atoms with E-state index in [1.165, 1.54) is 4.90 Å². The van der Waals surface area contributed by atoms with Crippen molar-refractivity contribution in [1.29, 1.82) is 0 Å². The molecule has 1 saturated heterocycles. The van der Waals surface area contributed by atoms with E-state index in [4.69, 9.17) is 9.26 Å². The predicted molar refractivity (Wildman–Crippen MR) is 90.0 cm³/mol. The fraction of sp³-hybridized carbons (Fsp3) is 0.389. The van der Waals surface area contributed by atoms with Crippen LogP contribution in [0.4, 0.5) is 4.79 Å². The minimum atomic E-state index is -0.921. The summed E-state index contributed by atoms with van der Waals surface area (Å²) in [5, 5.41) is 6.65. The number of nitrogens with zero attached hydrogens (tertiary/aromatic N) is 2. The van der Waals surface area contributed by atoms with Gasteiger partial charge in [0.2, 0.25) is 0 Å². The summed E-state index contributed by atoms with van der Waals surface area (Å²) in [5.74, 6) is 1.19. The van der Waals surface area contributed by atoms with Gasteiger partial charge in [0.1, 0.15) is 22.7 Å². The topological polar surface area (TPSA) is 84.7 Å². The molecule has 2 aromatic rings. The van der Waals surface area contributed by atoms with Crippen LogP contribution in [0.15, 0.2) is 34.9 Å². The monoisotopic (exact) mass is 343 g/mol. The van der Waals surface area contributed by atoms with Gasteiger partial charge in [-0.2, -0.15) is 0 Å². The Morgan fingerprint density at radius 2 is 2.00 bits per heavy atom. The lowest BCUT2D eigenvalue weighted by Crippen LogP contribution is -2.44. The highest BCUT2D eigenvalue weighted by Crippen LogP contribution is 2.25. The summed E-state index contributed by atoms with van der Waals surface area (Å²) < 4.78 is 10.1. The van der Waals surface area contributed by atoms with Crippen LogP contribution in [-0.2, 0) is 17.8 Å². The van der Waals surface area contributed by atoms with Crippen molar-refractivity contribution < 1.29 is 18.8 Å². The lowest BCUT2D eigenvalue weighted by atomic mass is 9.93. The summed E-state index contributed by atoms with van der Waals surface area (Å²) in [6.07, 6.45) is 1.18. The highest BCUT2D eigenvalue weighted by molar-refractivity contribution is 6.06. The van der Waals surface area contributed by atoms with Crippen LogP contribution in [0.2, 0.25) is 0 Å². The minimum absolute atomic E-state index is 0.111. The molecule has 1 aromatic carbocycles. The molecule has 1 atom stereocenters. The maximum Gasteiger partial charge on any atom is 0.325 e. The standard InChI is InChI=1S/C18H21N3O4/c1-12-10-14(20-25-12)11-21-16(22)18(2,19-17(21)23)9-8-13-4-6-15(24-3)7-5-13/h4-7,10H,8-9,11H2,1-3H3,(H,19,23)/t18-/m0/s1. The molecule has 7 nitrogen and oxygen atoms in total. The number of hydrogen-bond donors (Lipinski definition) is 1. The molecule has 0 aliphatic carbocycles. The zero-order chi connectivity index (χ0) is 18.0. The van der Waals surface area contributed by atoms with Crippen molar-refractivity contribution in [3.05, 3.63) is 47.3 Å². The zero-order valence-corrected chi connectivity index (χ0v) is 14.5. The number of benzene rings is 1. The second kappa shape index (κ2) is 6.58. The third-order valence-corrected chi connectivity index (χ3v) is 4.41. The van der Waals surface area contributed by atoms with Crippen molar-refractivity contribution in [1.82, 2.24) is 15.4 Å². The molecule has 0 spiro atoms. The summed E-state index contributed by atoms with van der Waals surface area (Å²) in [7, 11) is 1.62. The van der Waals surface area contributed by atoms with Crippen LogP contribution in [0.3, 0.4) is 0 Å². The van der Waals surface area contributed by atoms with Gasteiger partial charge in [0.05, 0.1) is 13.7 Å². The number of aryl methyl sites for hydroxylation is 2. The van der Waals surface area contributed by atoms with Crippen LogP contribution in [0.1, 0.15) is 30.4 Å². The average molecular weight is 343 g/mol. The largest absolute Gasteiger partial charge is 0.497 e. The van der Waals surface area contributed by atoms with Crippen LogP contribution in [-0.4, -0.2) is 34.6 Å². The number of imide groups is 1. The molecule has 1 fully saturated rings. The van der Waals surface area contributed by atoms with Crippen LogP contribution >= 0.6 is 0 Å². The second-order valence-corrected chi connectivity index (χ2v) is 6.43. The Bertz CT molecular complexity index is 784. The number of aromatic nitrogens is 1. The Morgan fingerprint density at radius 1 is 1.28 bits per heavy atom. The van der Waals surface area contributed by atoms with Crippen LogP contribution < -0.4 is 10.1 Å². The maximum absolute atomic E-state index is 12.7. The fourth-order valence-corrected chi connectivity index (χ4v) is 2.90. The average Bonchev–Trinajstić information content (AvgIpc) is 3.10. The highest BCUT2D eigenvalue weighted by atomic mass is 16.5. The Kier molecular flexibility index (Phi) is 4.48. The second-order valence-electron chi connectivity index (χ2n) is 6.43. The van der Waals surface area contributed by atoms with Crippen LogP contribution in [0.5, 0.6) is 5.75 Å². The number of carbonyl (C=O) groups excluding carboxylic acids is 2. The molecule has 25 heavy (non-hydrogen) atoms. The number of amides is 3. The molecule has 1 N–H and O–H groups in total. The van der Waals surface area contributed by atoms with Gasteiger partial charge in [0.25, 0.3) is 5.91 Å². The summed E-state index contributed by atoms with van der Waals surface area (Å²) in [6.45, 7) is 3.63. The van der Waals surface area contributed by atoms with E-state index in [-0.39, 0.29) is 12.5 Å². The first kappa shape index (κ1) is 17.0. The Balaban J connectivity index is 1.66. The summed E-state index contributed by atoms with van der Waals surface area (Å²) in [6, 6.07) is 8.99. The fourth-order valence-electron chi connectivity index (χ4n) is 2.90. The van der Waals surface area contributed by atoms with Gasteiger partial charge in [0.15, 0.2) is 0 Å². The van der Waals surface area contributed by atoms with Crippen molar-refractivity contribution in [2.75, 3.05) is 7.11 Å². The van der Waals surface area contributed by atoms with Gasteiger partial charge in [-0.1, -0.05) is 17.3 Å². The molecule has 0 radical (unpaired) electrons. The van der Waals surface area contributed by atoms with Crippen molar-refractivity contribution in [2.45, 2.75) is 38.8 Å². The molecule has 7 heteroatoms. The molecule has 0 unspecified atom stereocenters. The molecule has 1 aromatic heterocycles.